The van der Waals surface area contributed by atoms with E-state index in [1.54, 1.807) is 10.8 Å². The van der Waals surface area contributed by atoms with Gasteiger partial charge in [0.05, 0.1) is 11.8 Å². The van der Waals surface area contributed by atoms with Crippen molar-refractivity contribution in [1.29, 1.82) is 10.5 Å². The van der Waals surface area contributed by atoms with Crippen LogP contribution in [-0.4, -0.2) is 0 Å². The summed E-state index contributed by atoms with van der Waals surface area (Å²) in [6.07, 6.45) is 0. The summed E-state index contributed by atoms with van der Waals surface area (Å²) < 4.78 is 0. The molecule has 4 aromatic carbocycles. The summed E-state index contributed by atoms with van der Waals surface area (Å²) in [5, 5.41) is 23.8. The number of benzene rings is 4. The first-order chi connectivity index (χ1) is 14.8. The molecule has 0 heterocycles. The third-order valence-electron chi connectivity index (χ3n) is 4.67. The number of rotatable bonds is 4. The van der Waals surface area contributed by atoms with Crippen molar-refractivity contribution >= 4 is 40.2 Å². The van der Waals surface area contributed by atoms with Gasteiger partial charge in [0.25, 0.3) is 0 Å². The molecule has 0 saturated heterocycles. The molecule has 4 heteroatoms. The van der Waals surface area contributed by atoms with E-state index in [0.717, 1.165) is 0 Å². The molecule has 0 spiro atoms. The van der Waals surface area contributed by atoms with E-state index >= 15 is 0 Å². The van der Waals surface area contributed by atoms with E-state index in [1.807, 2.05) is 0 Å². The number of hydrogen-bond donors (Lipinski definition) is 0. The van der Waals surface area contributed by atoms with E-state index in [2.05, 4.69) is 121 Å². The minimum Gasteiger partial charge on any atom is -0.184 e. The SMILES string of the molecule is N#CSC#N.c1ccc([P+](c2ccccc2)(c2ccccc2)c2ccccc2)cc1. The third kappa shape index (κ3) is 4.61. The second-order valence-corrected chi connectivity index (χ2v) is 10.3. The summed E-state index contributed by atoms with van der Waals surface area (Å²) in [7, 11) is -1.91. The van der Waals surface area contributed by atoms with Crippen molar-refractivity contribution in [3.05, 3.63) is 121 Å². The Bertz CT molecular complexity index is 944. The molecule has 0 aliphatic heterocycles. The van der Waals surface area contributed by atoms with Gasteiger partial charge in [-0.15, -0.1) is 0 Å². The first-order valence-electron chi connectivity index (χ1n) is 9.39. The maximum Gasteiger partial charge on any atom is 0.149 e. The topological polar surface area (TPSA) is 47.6 Å². The Hall–Kier alpha value is -3.36. The van der Waals surface area contributed by atoms with E-state index < -0.39 is 7.26 Å². The molecule has 0 N–H and O–H groups in total. The summed E-state index contributed by atoms with van der Waals surface area (Å²) in [5.74, 6) is 0. The van der Waals surface area contributed by atoms with Gasteiger partial charge < -0.3 is 0 Å². The largest absolute Gasteiger partial charge is 0.184 e. The molecular formula is C26H20N2PS+. The zero-order chi connectivity index (χ0) is 21.1. The lowest BCUT2D eigenvalue weighted by molar-refractivity contribution is 1.56. The van der Waals surface area contributed by atoms with Gasteiger partial charge in [0.1, 0.15) is 39.3 Å². The maximum absolute atomic E-state index is 7.56. The second-order valence-electron chi connectivity index (χ2n) is 6.30. The molecule has 4 aromatic rings. The first kappa shape index (κ1) is 21.4. The van der Waals surface area contributed by atoms with Crippen molar-refractivity contribution in [2.24, 2.45) is 0 Å². The lowest BCUT2D eigenvalue weighted by Gasteiger charge is -2.27. The summed E-state index contributed by atoms with van der Waals surface area (Å²) >= 11 is 0.574. The molecule has 0 aliphatic carbocycles. The number of hydrogen-bond acceptors (Lipinski definition) is 3. The van der Waals surface area contributed by atoms with Gasteiger partial charge in [-0.3, -0.25) is 0 Å². The number of thioether (sulfide) groups is 1. The third-order valence-corrected chi connectivity index (χ3v) is 9.14. The van der Waals surface area contributed by atoms with Crippen molar-refractivity contribution in [3.8, 4) is 10.8 Å². The summed E-state index contributed by atoms with van der Waals surface area (Å²) in [4.78, 5) is 0. The average Bonchev–Trinajstić information content (AvgIpc) is 2.83. The summed E-state index contributed by atoms with van der Waals surface area (Å²) in [5.41, 5.74) is 0. The fraction of sp³-hybridized carbons (Fsp3) is 0. The number of thiocyanates is 2. The average molecular weight is 424 g/mol. The van der Waals surface area contributed by atoms with Crippen LogP contribution in [0.15, 0.2) is 121 Å². The lowest BCUT2D eigenvalue weighted by atomic mass is 10.3. The predicted octanol–water partition coefficient (Wildman–Crippen LogP) is 4.99. The maximum atomic E-state index is 7.56. The molecule has 144 valence electrons. The van der Waals surface area contributed by atoms with Gasteiger partial charge in [0, 0.05) is 0 Å². The van der Waals surface area contributed by atoms with Crippen LogP contribution in [0.2, 0.25) is 0 Å². The van der Waals surface area contributed by atoms with Gasteiger partial charge in [-0.2, -0.15) is 10.5 Å². The normalized spacial score (nSPS) is 10.1. The van der Waals surface area contributed by atoms with Gasteiger partial charge in [-0.1, -0.05) is 72.8 Å². The Balaban J connectivity index is 0.000000461. The molecule has 0 radical (unpaired) electrons. The number of nitrogens with zero attached hydrogens (tertiary/aromatic N) is 2. The Morgan fingerprint density at radius 1 is 0.433 bits per heavy atom. The zero-order valence-electron chi connectivity index (χ0n) is 16.3. The number of nitriles is 2. The molecule has 0 unspecified atom stereocenters. The highest BCUT2D eigenvalue weighted by Crippen LogP contribution is 2.53. The predicted molar refractivity (Wildman–Crippen MR) is 130 cm³/mol. The van der Waals surface area contributed by atoms with Crippen LogP contribution in [0.5, 0.6) is 0 Å². The van der Waals surface area contributed by atoms with Crippen LogP contribution in [-0.2, 0) is 0 Å². The molecule has 0 atom stereocenters. The molecule has 0 amide bonds. The monoisotopic (exact) mass is 423 g/mol. The van der Waals surface area contributed by atoms with Crippen molar-refractivity contribution in [3.63, 3.8) is 0 Å². The first-order valence-corrected chi connectivity index (χ1v) is 12.0. The fourth-order valence-corrected chi connectivity index (χ4v) is 7.83. The Morgan fingerprint density at radius 3 is 0.833 bits per heavy atom. The van der Waals surface area contributed by atoms with Crippen molar-refractivity contribution in [2.45, 2.75) is 0 Å². The molecule has 30 heavy (non-hydrogen) atoms. The van der Waals surface area contributed by atoms with Gasteiger partial charge in [0.2, 0.25) is 0 Å². The molecule has 4 rings (SSSR count). The standard InChI is InChI=1S/C24H20P.C2N2S/c1-5-13-21(14-6-1)25(22-15-7-2-8-16-22,23-17-9-3-10-18-23)24-19-11-4-12-20-24;3-1-5-2-4/h1-20H;/q+1;. The highest BCUT2D eigenvalue weighted by atomic mass is 32.2. The second kappa shape index (κ2) is 11.0. The van der Waals surface area contributed by atoms with Crippen molar-refractivity contribution in [1.82, 2.24) is 0 Å². The van der Waals surface area contributed by atoms with Crippen LogP contribution < -0.4 is 21.2 Å². The van der Waals surface area contributed by atoms with Gasteiger partial charge in [-0.05, 0) is 48.5 Å². The molecule has 0 bridgehead atoms. The van der Waals surface area contributed by atoms with E-state index in [-0.39, 0.29) is 0 Å². The van der Waals surface area contributed by atoms with Gasteiger partial charge >= 0.3 is 0 Å². The zero-order valence-corrected chi connectivity index (χ0v) is 18.0. The summed E-state index contributed by atoms with van der Waals surface area (Å²) in [6.45, 7) is 0. The fourth-order valence-electron chi connectivity index (χ4n) is 3.52. The van der Waals surface area contributed by atoms with E-state index in [9.17, 15) is 0 Å². The smallest absolute Gasteiger partial charge is 0.149 e. The molecule has 0 aliphatic rings. The quantitative estimate of drug-likeness (QED) is 0.343. The van der Waals surface area contributed by atoms with Crippen LogP contribution in [0.1, 0.15) is 0 Å². The van der Waals surface area contributed by atoms with Crippen LogP contribution >= 0.6 is 19.0 Å². The Kier molecular flexibility index (Phi) is 7.82. The minimum atomic E-state index is -1.91. The van der Waals surface area contributed by atoms with Crippen molar-refractivity contribution in [2.75, 3.05) is 0 Å². The van der Waals surface area contributed by atoms with Crippen LogP contribution in [0, 0.1) is 21.3 Å². The van der Waals surface area contributed by atoms with E-state index in [4.69, 9.17) is 10.5 Å². The Labute approximate surface area is 182 Å². The van der Waals surface area contributed by atoms with Crippen LogP contribution in [0.4, 0.5) is 0 Å². The molecule has 0 aromatic heterocycles. The van der Waals surface area contributed by atoms with Crippen LogP contribution in [0.3, 0.4) is 0 Å². The van der Waals surface area contributed by atoms with E-state index in [0.29, 0.717) is 11.8 Å². The van der Waals surface area contributed by atoms with Gasteiger partial charge in [0.15, 0.2) is 0 Å². The molecular weight excluding hydrogens is 403 g/mol. The van der Waals surface area contributed by atoms with Gasteiger partial charge in [-0.25, -0.2) is 0 Å². The molecule has 0 fully saturated rings. The highest BCUT2D eigenvalue weighted by Gasteiger charge is 2.47. The highest BCUT2D eigenvalue weighted by molar-refractivity contribution is 8.08. The Morgan fingerprint density at radius 2 is 0.667 bits per heavy atom. The summed E-state index contributed by atoms with van der Waals surface area (Å²) in [6, 6.07) is 43.8. The molecule has 0 saturated carbocycles. The van der Waals surface area contributed by atoms with Crippen LogP contribution in [0.25, 0.3) is 0 Å². The molecule has 2 nitrogen and oxygen atoms in total. The lowest BCUT2D eigenvalue weighted by Crippen LogP contribution is -2.38. The minimum absolute atomic E-state index is 0.574. The van der Waals surface area contributed by atoms with Crippen molar-refractivity contribution < 1.29 is 0 Å². The van der Waals surface area contributed by atoms with E-state index in [1.165, 1.54) is 21.2 Å².